The minimum atomic E-state index is -1.70. The van der Waals surface area contributed by atoms with E-state index in [1.165, 1.54) is 38.5 Å². The number of carbonyl (C=O) groups excluding carboxylic acids is 1. The molecule has 4 aliphatic heterocycles. The van der Waals surface area contributed by atoms with Gasteiger partial charge >= 0.3 is 5.97 Å². The molecular weight excluding hydrogens is 644 g/mol. The first kappa shape index (κ1) is 34.9. The zero-order valence-electron chi connectivity index (χ0n) is 25.9. The van der Waals surface area contributed by atoms with Gasteiger partial charge in [0.15, 0.2) is 30.2 Å². The third-order valence-electron chi connectivity index (χ3n) is 9.53. The highest BCUT2D eigenvalue weighted by Gasteiger charge is 2.77. The highest BCUT2D eigenvalue weighted by Crippen LogP contribution is 2.61. The minimum Gasteiger partial charge on any atom is -0.504 e. The molecule has 17 nitrogen and oxygen atoms in total. The summed E-state index contributed by atoms with van der Waals surface area (Å²) in [6.07, 6.45) is -11.9. The molecule has 1 aromatic carbocycles. The lowest BCUT2D eigenvalue weighted by molar-refractivity contribution is -0.347. The largest absolute Gasteiger partial charge is 0.504 e. The predicted octanol–water partition coefficient (Wildman–Crippen LogP) is -2.76. The van der Waals surface area contributed by atoms with E-state index in [1.807, 2.05) is 0 Å². The number of ether oxygens (including phenoxy) is 8. The molecule has 8 N–H and O–H groups in total. The van der Waals surface area contributed by atoms with Crippen LogP contribution in [-0.4, -0.2) is 153 Å². The van der Waals surface area contributed by atoms with Gasteiger partial charge in [-0.3, -0.25) is 0 Å². The fourth-order valence-electron chi connectivity index (χ4n) is 6.88. The Labute approximate surface area is 274 Å². The molecule has 16 atom stereocenters. The number of methoxy groups -OCH3 is 1. The van der Waals surface area contributed by atoms with Crippen LogP contribution in [-0.2, 0) is 38.0 Å². The summed E-state index contributed by atoms with van der Waals surface area (Å²) in [6.45, 7) is 0.379. The summed E-state index contributed by atoms with van der Waals surface area (Å²) in [4.78, 5) is 12.6. The Morgan fingerprint density at radius 2 is 1.67 bits per heavy atom. The summed E-state index contributed by atoms with van der Waals surface area (Å²) in [7, 11) is 1.39. The van der Waals surface area contributed by atoms with Crippen molar-refractivity contribution >= 4 is 12.0 Å². The van der Waals surface area contributed by atoms with Crippen LogP contribution in [0.25, 0.3) is 6.08 Å². The number of phenolic OH excluding ortho intramolecular Hbond substituents is 1. The van der Waals surface area contributed by atoms with Crippen molar-refractivity contribution in [2.75, 3.05) is 20.3 Å². The van der Waals surface area contributed by atoms with E-state index in [4.69, 9.17) is 37.9 Å². The van der Waals surface area contributed by atoms with Gasteiger partial charge in [0.05, 0.1) is 44.7 Å². The summed E-state index contributed by atoms with van der Waals surface area (Å²) >= 11 is 0. The van der Waals surface area contributed by atoms with Crippen molar-refractivity contribution in [3.05, 3.63) is 42.2 Å². The van der Waals surface area contributed by atoms with Crippen molar-refractivity contribution in [3.63, 3.8) is 0 Å². The average molecular weight is 685 g/mol. The van der Waals surface area contributed by atoms with E-state index in [0.29, 0.717) is 5.56 Å². The van der Waals surface area contributed by atoms with E-state index >= 15 is 0 Å². The van der Waals surface area contributed by atoms with E-state index < -0.39 is 117 Å². The molecule has 17 heteroatoms. The number of aliphatic hydroxyl groups is 7. The molecule has 4 fully saturated rings. The number of fused-ring (bicyclic) bond motifs is 3. The zero-order chi connectivity index (χ0) is 34.5. The summed E-state index contributed by atoms with van der Waals surface area (Å²) < 4.78 is 45.4. The molecule has 0 bridgehead atoms. The highest BCUT2D eigenvalue weighted by atomic mass is 16.8. The number of phenols is 1. The van der Waals surface area contributed by atoms with Gasteiger partial charge in [0.1, 0.15) is 48.3 Å². The van der Waals surface area contributed by atoms with Crippen molar-refractivity contribution < 1.29 is 83.5 Å². The van der Waals surface area contributed by atoms with E-state index in [2.05, 4.69) is 0 Å². The van der Waals surface area contributed by atoms with Crippen LogP contribution >= 0.6 is 0 Å². The number of epoxide rings is 1. The third-order valence-corrected chi connectivity index (χ3v) is 9.53. The van der Waals surface area contributed by atoms with Gasteiger partial charge < -0.3 is 78.7 Å². The van der Waals surface area contributed by atoms with Gasteiger partial charge in [0.25, 0.3) is 0 Å². The summed E-state index contributed by atoms with van der Waals surface area (Å²) in [5, 5.41) is 82.4. The SMILES string of the molecule is COc1cc(/C=C\C(=O)O[C@@H]2[C@@H](O)[C@@H](O)[C@H](O[C@H]3[C@@H]4C=CO[C@@H](O[C@@H]5O[C@H](CO)[C@@H](O)[C@H](O)[C@H]5O)[C@@H]4[C@@]4(CO)O[C@@H]34)O[C@H]2C)ccc1O. The van der Waals surface area contributed by atoms with Crippen LogP contribution in [0.5, 0.6) is 11.5 Å². The van der Waals surface area contributed by atoms with Crippen molar-refractivity contribution in [3.8, 4) is 11.5 Å². The Bertz CT molecular complexity index is 1370. The molecule has 0 unspecified atom stereocenters. The molecule has 0 radical (unpaired) electrons. The first-order valence-electron chi connectivity index (χ1n) is 15.4. The maximum absolute atomic E-state index is 12.6. The van der Waals surface area contributed by atoms with Gasteiger partial charge in [0.2, 0.25) is 6.29 Å². The molecule has 4 heterocycles. The average Bonchev–Trinajstić information content (AvgIpc) is 3.76. The molecule has 3 saturated heterocycles. The van der Waals surface area contributed by atoms with Crippen LogP contribution in [0.2, 0.25) is 0 Å². The van der Waals surface area contributed by atoms with E-state index in [0.717, 1.165) is 6.08 Å². The Morgan fingerprint density at radius 3 is 2.38 bits per heavy atom. The van der Waals surface area contributed by atoms with Crippen LogP contribution < -0.4 is 4.74 Å². The van der Waals surface area contributed by atoms with Crippen LogP contribution in [0.3, 0.4) is 0 Å². The number of hydrogen-bond acceptors (Lipinski definition) is 17. The van der Waals surface area contributed by atoms with Crippen LogP contribution in [0, 0.1) is 11.8 Å². The van der Waals surface area contributed by atoms with Crippen LogP contribution in [0.4, 0.5) is 0 Å². The Balaban J connectivity index is 1.10. The smallest absolute Gasteiger partial charge is 0.331 e. The summed E-state index contributed by atoms with van der Waals surface area (Å²) in [6, 6.07) is 4.45. The van der Waals surface area contributed by atoms with Crippen molar-refractivity contribution in [2.45, 2.75) is 92.4 Å². The van der Waals surface area contributed by atoms with Gasteiger partial charge in [0, 0.05) is 12.0 Å². The van der Waals surface area contributed by atoms with Gasteiger partial charge in [-0.1, -0.05) is 6.07 Å². The molecular formula is C31H40O17. The Morgan fingerprint density at radius 1 is 0.938 bits per heavy atom. The molecule has 266 valence electrons. The van der Waals surface area contributed by atoms with Crippen molar-refractivity contribution in [2.24, 2.45) is 11.8 Å². The maximum atomic E-state index is 12.6. The Hall–Kier alpha value is -2.91. The fraction of sp³-hybridized carbons (Fsp3) is 0.645. The van der Waals surface area contributed by atoms with Gasteiger partial charge in [-0.15, -0.1) is 0 Å². The van der Waals surface area contributed by atoms with Gasteiger partial charge in [-0.2, -0.15) is 0 Å². The molecule has 1 aromatic rings. The highest BCUT2D eigenvalue weighted by molar-refractivity contribution is 5.87. The molecule has 1 aliphatic carbocycles. The second-order valence-corrected chi connectivity index (χ2v) is 12.4. The molecule has 1 saturated carbocycles. The fourth-order valence-corrected chi connectivity index (χ4v) is 6.88. The first-order chi connectivity index (χ1) is 22.9. The van der Waals surface area contributed by atoms with E-state index in [1.54, 1.807) is 12.1 Å². The number of rotatable bonds is 10. The lowest BCUT2D eigenvalue weighted by atomic mass is 9.85. The van der Waals surface area contributed by atoms with Crippen LogP contribution in [0.1, 0.15) is 12.5 Å². The summed E-state index contributed by atoms with van der Waals surface area (Å²) in [5.41, 5.74) is -0.697. The number of esters is 1. The quantitative estimate of drug-likeness (QED) is 0.0705. The number of aliphatic hydroxyl groups excluding tert-OH is 7. The van der Waals surface area contributed by atoms with Gasteiger partial charge in [-0.05, 0) is 36.8 Å². The van der Waals surface area contributed by atoms with E-state index in [-0.39, 0.29) is 11.5 Å². The first-order valence-corrected chi connectivity index (χ1v) is 15.4. The van der Waals surface area contributed by atoms with Gasteiger partial charge in [-0.25, -0.2) is 4.79 Å². The topological polar surface area (TPSA) is 256 Å². The molecule has 5 aliphatic rings. The number of carbonyl (C=O) groups is 1. The molecule has 48 heavy (non-hydrogen) atoms. The lowest BCUT2D eigenvalue weighted by Crippen LogP contribution is -2.60. The zero-order valence-corrected chi connectivity index (χ0v) is 25.9. The van der Waals surface area contributed by atoms with Crippen molar-refractivity contribution in [1.29, 1.82) is 0 Å². The Kier molecular flexibility index (Phi) is 10.0. The normalized spacial score (nSPS) is 44.9. The number of benzene rings is 1. The molecule has 0 aromatic heterocycles. The van der Waals surface area contributed by atoms with Crippen LogP contribution in [0.15, 0.2) is 36.6 Å². The monoisotopic (exact) mass is 684 g/mol. The molecule has 6 rings (SSSR count). The second kappa shape index (κ2) is 13.8. The third kappa shape index (κ3) is 6.19. The standard InChI is InChI=1S/C31H40O17/c1-12-25(45-18(35)6-4-13-3-5-15(34)16(9-13)41-2)22(38)24(40)29(43-12)46-26-14-7-8-42-28(19(14)31(11-33)27(26)48-31)47-30-23(39)21(37)20(36)17(10-32)44-30/h3-9,12,14,17,19-30,32-34,36-40H,10-11H2,1-2H3/b6-4-/t12-,14+,17+,19+,20+,21-,22-,23+,24+,25-,26-,27-,28-,29-,30-,31+/m0/s1. The second-order valence-electron chi connectivity index (χ2n) is 12.4. The lowest BCUT2D eigenvalue weighted by Gasteiger charge is -2.44. The number of aromatic hydroxyl groups is 1. The predicted molar refractivity (Wildman–Crippen MR) is 155 cm³/mol. The van der Waals surface area contributed by atoms with E-state index in [9.17, 15) is 45.6 Å². The number of hydrogen-bond donors (Lipinski definition) is 8. The minimum absolute atomic E-state index is 0.0724. The summed E-state index contributed by atoms with van der Waals surface area (Å²) in [5.74, 6) is -2.02. The molecule has 0 spiro atoms. The van der Waals surface area contributed by atoms with Crippen molar-refractivity contribution in [1.82, 2.24) is 0 Å². The maximum Gasteiger partial charge on any atom is 0.331 e. The molecule has 0 amide bonds.